The molecule has 0 saturated heterocycles. The van der Waals surface area contributed by atoms with Gasteiger partial charge in [-0.1, -0.05) is 48.5 Å². The molecular formula is C22H20N2O4. The number of nitrogen functional groups attached to an aromatic ring is 1. The fourth-order valence-corrected chi connectivity index (χ4v) is 2.45. The summed E-state index contributed by atoms with van der Waals surface area (Å²) < 4.78 is 10.8. The number of benzene rings is 3. The zero-order valence-corrected chi connectivity index (χ0v) is 15.1. The Balaban J connectivity index is 1.58. The van der Waals surface area contributed by atoms with Crippen LogP contribution < -0.4 is 15.8 Å². The van der Waals surface area contributed by atoms with E-state index < -0.39 is 5.97 Å². The normalized spacial score (nSPS) is 10.1. The van der Waals surface area contributed by atoms with Crippen LogP contribution in [-0.4, -0.2) is 18.5 Å². The smallest absolute Gasteiger partial charge is 0.338 e. The van der Waals surface area contributed by atoms with Crippen molar-refractivity contribution in [3.05, 3.63) is 90.0 Å². The van der Waals surface area contributed by atoms with Gasteiger partial charge in [0.25, 0.3) is 5.91 Å². The number of nitrogens with one attached hydrogen (secondary N) is 1. The van der Waals surface area contributed by atoms with Gasteiger partial charge in [-0.15, -0.1) is 0 Å². The highest BCUT2D eigenvalue weighted by atomic mass is 16.5. The van der Waals surface area contributed by atoms with Crippen LogP contribution >= 0.6 is 0 Å². The number of para-hydroxylation sites is 1. The topological polar surface area (TPSA) is 90.7 Å². The Hall–Kier alpha value is -3.80. The minimum absolute atomic E-state index is 0.166. The van der Waals surface area contributed by atoms with Gasteiger partial charge in [0, 0.05) is 5.69 Å². The Kier molecular flexibility index (Phi) is 6.25. The summed E-state index contributed by atoms with van der Waals surface area (Å²) in [6.07, 6.45) is 0. The lowest BCUT2D eigenvalue weighted by atomic mass is 10.2. The summed E-state index contributed by atoms with van der Waals surface area (Å²) in [5.74, 6) is -0.581. The fourth-order valence-electron chi connectivity index (χ4n) is 2.45. The number of anilines is 2. The van der Waals surface area contributed by atoms with Crippen molar-refractivity contribution in [3.63, 3.8) is 0 Å². The van der Waals surface area contributed by atoms with Gasteiger partial charge in [-0.05, 0) is 35.9 Å². The zero-order chi connectivity index (χ0) is 19.8. The van der Waals surface area contributed by atoms with Crippen LogP contribution in [0.25, 0.3) is 0 Å². The molecule has 3 N–H and O–H groups in total. The molecule has 0 aromatic heterocycles. The first-order chi connectivity index (χ1) is 13.6. The van der Waals surface area contributed by atoms with Crippen LogP contribution in [0.3, 0.4) is 0 Å². The van der Waals surface area contributed by atoms with Crippen molar-refractivity contribution in [2.45, 2.75) is 6.61 Å². The van der Waals surface area contributed by atoms with E-state index in [9.17, 15) is 9.59 Å². The highest BCUT2D eigenvalue weighted by Crippen LogP contribution is 2.23. The number of carbonyl (C=O) groups excluding carboxylic acids is 2. The average molecular weight is 376 g/mol. The number of rotatable bonds is 7. The second kappa shape index (κ2) is 9.23. The third-order valence-corrected chi connectivity index (χ3v) is 3.88. The van der Waals surface area contributed by atoms with E-state index in [4.69, 9.17) is 15.2 Å². The Morgan fingerprint density at radius 3 is 2.29 bits per heavy atom. The molecule has 3 aromatic rings. The summed E-state index contributed by atoms with van der Waals surface area (Å²) in [6, 6.07) is 23.0. The van der Waals surface area contributed by atoms with Gasteiger partial charge in [-0.25, -0.2) is 4.79 Å². The number of nitrogens with two attached hydrogens (primary N) is 1. The van der Waals surface area contributed by atoms with Crippen LogP contribution in [0.5, 0.6) is 5.75 Å². The van der Waals surface area contributed by atoms with E-state index in [1.807, 2.05) is 48.5 Å². The highest BCUT2D eigenvalue weighted by molar-refractivity contribution is 5.92. The maximum atomic E-state index is 12.3. The molecule has 0 unspecified atom stereocenters. The third kappa shape index (κ3) is 5.35. The minimum Gasteiger partial charge on any atom is -0.482 e. The molecule has 3 aromatic carbocycles. The summed E-state index contributed by atoms with van der Waals surface area (Å²) in [4.78, 5) is 24.3. The van der Waals surface area contributed by atoms with Crippen molar-refractivity contribution in [3.8, 4) is 5.75 Å². The molecule has 0 aliphatic rings. The molecule has 6 nitrogen and oxygen atoms in total. The summed E-state index contributed by atoms with van der Waals surface area (Å²) in [5, 5.41) is 2.71. The molecule has 0 atom stereocenters. The molecule has 28 heavy (non-hydrogen) atoms. The Morgan fingerprint density at radius 2 is 1.57 bits per heavy atom. The SMILES string of the molecule is Nc1ccc(C(=O)OCc2ccccc2)cc1OCC(=O)Nc1ccccc1. The quantitative estimate of drug-likeness (QED) is 0.485. The lowest BCUT2D eigenvalue weighted by molar-refractivity contribution is -0.118. The molecule has 0 fully saturated rings. The molecule has 0 heterocycles. The summed E-state index contributed by atoms with van der Waals surface area (Å²) in [6.45, 7) is -0.0681. The van der Waals surface area contributed by atoms with Crippen molar-refractivity contribution in [2.75, 3.05) is 17.7 Å². The monoisotopic (exact) mass is 376 g/mol. The zero-order valence-electron chi connectivity index (χ0n) is 15.1. The second-order valence-corrected chi connectivity index (χ2v) is 6.02. The summed E-state index contributed by atoms with van der Waals surface area (Å²) in [7, 11) is 0. The van der Waals surface area contributed by atoms with Crippen LogP contribution in [0.2, 0.25) is 0 Å². The van der Waals surface area contributed by atoms with Gasteiger partial charge < -0.3 is 20.5 Å². The summed E-state index contributed by atoms with van der Waals surface area (Å²) in [5.41, 5.74) is 8.06. The van der Waals surface area contributed by atoms with Crippen molar-refractivity contribution < 1.29 is 19.1 Å². The molecule has 6 heteroatoms. The van der Waals surface area contributed by atoms with Gasteiger partial charge in [-0.3, -0.25) is 4.79 Å². The fraction of sp³-hybridized carbons (Fsp3) is 0.0909. The van der Waals surface area contributed by atoms with Crippen molar-refractivity contribution in [2.24, 2.45) is 0 Å². The van der Waals surface area contributed by atoms with Crippen molar-refractivity contribution >= 4 is 23.3 Å². The number of amides is 1. The Bertz CT molecular complexity index is 943. The van der Waals surface area contributed by atoms with E-state index in [1.165, 1.54) is 6.07 Å². The standard InChI is InChI=1S/C22H20N2O4/c23-19-12-11-17(22(26)28-14-16-7-3-1-4-8-16)13-20(19)27-15-21(25)24-18-9-5-2-6-10-18/h1-13H,14-15,23H2,(H,24,25). The van der Waals surface area contributed by atoms with Gasteiger partial charge in [0.1, 0.15) is 12.4 Å². The molecule has 0 aliphatic carbocycles. The average Bonchev–Trinajstić information content (AvgIpc) is 2.73. The molecule has 0 bridgehead atoms. The van der Waals surface area contributed by atoms with Crippen LogP contribution in [-0.2, 0) is 16.1 Å². The first-order valence-corrected chi connectivity index (χ1v) is 8.70. The summed E-state index contributed by atoms with van der Waals surface area (Å²) >= 11 is 0. The largest absolute Gasteiger partial charge is 0.482 e. The van der Waals surface area contributed by atoms with E-state index in [1.54, 1.807) is 24.3 Å². The van der Waals surface area contributed by atoms with Crippen LogP contribution in [0, 0.1) is 0 Å². The Labute approximate surface area is 162 Å². The van der Waals surface area contributed by atoms with E-state index in [0.717, 1.165) is 5.56 Å². The molecule has 142 valence electrons. The van der Waals surface area contributed by atoms with Crippen molar-refractivity contribution in [1.82, 2.24) is 0 Å². The molecule has 1 amide bonds. The van der Waals surface area contributed by atoms with Crippen LogP contribution in [0.4, 0.5) is 11.4 Å². The molecular weight excluding hydrogens is 356 g/mol. The first kappa shape index (κ1) is 19.0. The second-order valence-electron chi connectivity index (χ2n) is 6.02. The maximum Gasteiger partial charge on any atom is 0.338 e. The lowest BCUT2D eigenvalue weighted by Crippen LogP contribution is -2.20. The van der Waals surface area contributed by atoms with E-state index in [2.05, 4.69) is 5.32 Å². The van der Waals surface area contributed by atoms with E-state index >= 15 is 0 Å². The van der Waals surface area contributed by atoms with Gasteiger partial charge in [0.2, 0.25) is 0 Å². The predicted octanol–water partition coefficient (Wildman–Crippen LogP) is 3.64. The number of ether oxygens (including phenoxy) is 2. The lowest BCUT2D eigenvalue weighted by Gasteiger charge is -2.11. The number of carbonyl (C=O) groups is 2. The van der Waals surface area contributed by atoms with Gasteiger partial charge in [-0.2, -0.15) is 0 Å². The van der Waals surface area contributed by atoms with E-state index in [-0.39, 0.29) is 24.9 Å². The van der Waals surface area contributed by atoms with Crippen molar-refractivity contribution in [1.29, 1.82) is 0 Å². The van der Waals surface area contributed by atoms with E-state index in [0.29, 0.717) is 16.9 Å². The van der Waals surface area contributed by atoms with Gasteiger partial charge in [0.05, 0.1) is 11.3 Å². The molecule has 0 radical (unpaired) electrons. The number of esters is 1. The van der Waals surface area contributed by atoms with Gasteiger partial charge in [0.15, 0.2) is 6.61 Å². The minimum atomic E-state index is -0.498. The van der Waals surface area contributed by atoms with Crippen LogP contribution in [0.1, 0.15) is 15.9 Å². The number of hydrogen-bond donors (Lipinski definition) is 2. The molecule has 0 aliphatic heterocycles. The maximum absolute atomic E-state index is 12.3. The first-order valence-electron chi connectivity index (χ1n) is 8.70. The van der Waals surface area contributed by atoms with Gasteiger partial charge >= 0.3 is 5.97 Å². The molecule has 0 saturated carbocycles. The third-order valence-electron chi connectivity index (χ3n) is 3.88. The Morgan fingerprint density at radius 1 is 0.893 bits per heavy atom. The molecule has 3 rings (SSSR count). The highest BCUT2D eigenvalue weighted by Gasteiger charge is 2.12. The predicted molar refractivity (Wildman–Crippen MR) is 107 cm³/mol. The van der Waals surface area contributed by atoms with Crippen LogP contribution in [0.15, 0.2) is 78.9 Å². The molecule has 0 spiro atoms. The number of hydrogen-bond acceptors (Lipinski definition) is 5.